The predicted octanol–water partition coefficient (Wildman–Crippen LogP) is -2.69. The first-order valence-corrected chi connectivity index (χ1v) is 3.19. The molecule has 0 radical (unpaired) electrons. The number of hydrogen-bond acceptors (Lipinski definition) is 6. The maximum Gasteiger partial charge on any atom is 2.00 e. The van der Waals surface area contributed by atoms with E-state index >= 15 is 0 Å². The van der Waals surface area contributed by atoms with Crippen LogP contribution >= 0.6 is 0 Å². The Morgan fingerprint density at radius 3 is 1.55 bits per heavy atom. The van der Waals surface area contributed by atoms with Crippen LogP contribution in [0, 0.1) is 0 Å². The summed E-state index contributed by atoms with van der Waals surface area (Å²) in [6, 6.07) is 0. The van der Waals surface area contributed by atoms with Crippen LogP contribution in [-0.4, -0.2) is 72.9 Å². The summed E-state index contributed by atoms with van der Waals surface area (Å²) in [6.45, 7) is -0.278. The fourth-order valence-electron chi connectivity index (χ4n) is 0. The minimum atomic E-state index is -5.17. The van der Waals surface area contributed by atoms with Crippen LogP contribution in [0.4, 0.5) is 0 Å². The quantitative estimate of drug-likeness (QED) is 0.273. The van der Waals surface area contributed by atoms with E-state index in [9.17, 15) is 4.79 Å². The molecule has 0 aromatic carbocycles. The van der Waals surface area contributed by atoms with Crippen LogP contribution in [0.1, 0.15) is 0 Å². The monoisotopic (exact) mass is 211 g/mol. The molecule has 0 saturated heterocycles. The van der Waals surface area contributed by atoms with E-state index in [0.717, 1.165) is 0 Å². The molecule has 3 N–H and O–H groups in total. The Morgan fingerprint density at radius 2 is 1.55 bits per heavy atom. The molecule has 0 atom stereocenters. The van der Waals surface area contributed by atoms with E-state index in [1.54, 1.807) is 0 Å². The maximum absolute atomic E-state index is 9.24. The van der Waals surface area contributed by atoms with Crippen LogP contribution in [0.25, 0.3) is 0 Å². The summed E-state index contributed by atoms with van der Waals surface area (Å²) in [5.41, 5.74) is 4.57. The van der Waals surface area contributed by atoms with Gasteiger partial charge in [0.2, 0.25) is 0 Å². The number of rotatable bonds is 1. The zero-order valence-corrected chi connectivity index (χ0v) is 8.41. The molecule has 11 heavy (non-hydrogen) atoms. The molecule has 0 saturated carbocycles. The van der Waals surface area contributed by atoms with Crippen molar-refractivity contribution in [2.45, 2.75) is 0 Å². The average Bonchev–Trinajstić information content (AvgIpc) is 1.61. The van der Waals surface area contributed by atoms with Gasteiger partial charge in [-0.05, 0) is 0 Å². The summed E-state index contributed by atoms with van der Waals surface area (Å²) >= 11 is 0. The fourth-order valence-corrected chi connectivity index (χ4v) is 0. The van der Waals surface area contributed by atoms with Gasteiger partial charge in [-0.3, -0.25) is 13.2 Å². The van der Waals surface area contributed by atoms with Crippen molar-refractivity contribution in [2.24, 2.45) is 5.73 Å². The maximum atomic E-state index is 9.24. The molecule has 7 nitrogen and oxygen atoms in total. The minimum absolute atomic E-state index is 0. The van der Waals surface area contributed by atoms with Crippen molar-refractivity contribution in [3.05, 3.63) is 0 Å². The van der Waals surface area contributed by atoms with Gasteiger partial charge < -0.3 is 19.9 Å². The molecule has 0 spiro atoms. The molecule has 0 fully saturated rings. The minimum Gasteiger partial charge on any atom is -0.759 e. The van der Waals surface area contributed by atoms with Crippen LogP contribution in [0.3, 0.4) is 0 Å². The van der Waals surface area contributed by atoms with E-state index in [0.29, 0.717) is 0 Å². The Hall–Kier alpha value is 0.560. The number of nitrogens with two attached hydrogens (primary N) is 1. The Balaban J connectivity index is -0.000000107. The average molecular weight is 211 g/mol. The molecule has 62 valence electrons. The Labute approximate surface area is 93.2 Å². The molecular weight excluding hydrogens is 206 g/mol. The molecule has 0 rings (SSSR count). The fraction of sp³-hybridized carbons (Fsp3) is 0.500. The van der Waals surface area contributed by atoms with Gasteiger partial charge >= 0.3 is 43.7 Å². The van der Waals surface area contributed by atoms with Gasteiger partial charge in [-0.15, -0.1) is 0 Å². The van der Waals surface area contributed by atoms with Gasteiger partial charge in [0.15, 0.2) is 0 Å². The van der Waals surface area contributed by atoms with Crippen molar-refractivity contribution in [2.75, 3.05) is 6.54 Å². The molecule has 0 bridgehead atoms. The van der Waals surface area contributed by atoms with Crippen LogP contribution in [0.5, 0.6) is 0 Å². The van der Waals surface area contributed by atoms with Gasteiger partial charge in [0, 0.05) is 10.4 Å². The van der Waals surface area contributed by atoms with Gasteiger partial charge in [0.05, 0.1) is 6.54 Å². The van der Waals surface area contributed by atoms with Gasteiger partial charge in [-0.1, -0.05) is 0 Å². The Kier molecular flexibility index (Phi) is 13.8. The number of carbonyl (C=O) groups is 1. The van der Waals surface area contributed by atoms with Crippen molar-refractivity contribution in [1.82, 2.24) is 0 Å². The summed E-state index contributed by atoms with van der Waals surface area (Å²) < 4.78 is 34.1. The molecular formula is C2H5CaNO6S. The summed E-state index contributed by atoms with van der Waals surface area (Å²) in [5, 5.41) is 7.60. The van der Waals surface area contributed by atoms with Crippen LogP contribution < -0.4 is 5.73 Å². The molecule has 0 aromatic rings. The van der Waals surface area contributed by atoms with Crippen molar-refractivity contribution in [1.29, 1.82) is 0 Å². The van der Waals surface area contributed by atoms with E-state index in [4.69, 9.17) is 22.6 Å². The number of carboxylic acid groups (broad SMARTS) is 1. The molecule has 0 heterocycles. The van der Waals surface area contributed by atoms with Gasteiger partial charge in [0.25, 0.3) is 0 Å². The van der Waals surface area contributed by atoms with E-state index in [-0.39, 0.29) is 44.3 Å². The van der Waals surface area contributed by atoms with Gasteiger partial charge in [-0.2, -0.15) is 0 Å². The number of carboxylic acids is 1. The van der Waals surface area contributed by atoms with Crippen molar-refractivity contribution in [3.63, 3.8) is 0 Å². The third kappa shape index (κ3) is 118. The third-order valence-electron chi connectivity index (χ3n) is 0.175. The normalized spacial score (nSPS) is 8.64. The molecule has 0 aliphatic carbocycles. The summed E-state index contributed by atoms with van der Waals surface area (Å²) in [6.07, 6.45) is 0. The summed E-state index contributed by atoms with van der Waals surface area (Å²) in [5.74, 6) is -0.968. The molecule has 9 heteroatoms. The zero-order valence-electron chi connectivity index (χ0n) is 5.39. The Bertz CT molecular complexity index is 179. The Morgan fingerprint density at radius 1 is 1.45 bits per heavy atom. The smallest absolute Gasteiger partial charge is 0.759 e. The second-order valence-electron chi connectivity index (χ2n) is 1.01. The number of aliphatic carboxylic acids is 1. The summed E-state index contributed by atoms with van der Waals surface area (Å²) in [4.78, 5) is 9.24. The van der Waals surface area contributed by atoms with E-state index in [2.05, 4.69) is 5.73 Å². The second-order valence-corrected chi connectivity index (χ2v) is 1.82. The van der Waals surface area contributed by atoms with Crippen LogP contribution in [0.15, 0.2) is 0 Å². The largest absolute Gasteiger partial charge is 2.00 e. The van der Waals surface area contributed by atoms with Crippen molar-refractivity contribution >= 4 is 54.1 Å². The third-order valence-corrected chi connectivity index (χ3v) is 0.175. The molecule has 0 aliphatic heterocycles. The summed E-state index contributed by atoms with van der Waals surface area (Å²) in [7, 11) is -5.17. The predicted molar refractivity (Wildman–Crippen MR) is 32.9 cm³/mol. The van der Waals surface area contributed by atoms with Gasteiger partial charge in [0.1, 0.15) is 0 Å². The second kappa shape index (κ2) is 8.65. The van der Waals surface area contributed by atoms with E-state index in [1.807, 2.05) is 0 Å². The SMILES string of the molecule is NCC(=O)O.O=S(=O)([O-])[O-].[Ca+2]. The molecule has 0 aromatic heterocycles. The first-order chi connectivity index (χ1) is 4.27. The zero-order chi connectivity index (χ0) is 8.78. The van der Waals surface area contributed by atoms with E-state index in [1.165, 1.54) is 0 Å². The topological polar surface area (TPSA) is 144 Å². The van der Waals surface area contributed by atoms with Crippen molar-refractivity contribution < 1.29 is 27.4 Å². The molecule has 0 unspecified atom stereocenters. The van der Waals surface area contributed by atoms with Crippen molar-refractivity contribution in [3.8, 4) is 0 Å². The first kappa shape index (κ1) is 17.6. The molecule has 0 aliphatic rings. The van der Waals surface area contributed by atoms with E-state index < -0.39 is 16.4 Å². The van der Waals surface area contributed by atoms with Crippen LogP contribution in [-0.2, 0) is 15.2 Å². The first-order valence-electron chi connectivity index (χ1n) is 1.86. The number of hydrogen-bond donors (Lipinski definition) is 2. The van der Waals surface area contributed by atoms with Gasteiger partial charge in [-0.25, -0.2) is 0 Å². The standard InChI is InChI=1S/C2H5NO2.Ca.H2O4S/c3-1-2(4)5;;1-5(2,3)4/h1,3H2,(H,4,5);;(H2,1,2,3,4)/q;+2;/p-2. The molecule has 0 amide bonds. The van der Waals surface area contributed by atoms with Crippen LogP contribution in [0.2, 0.25) is 0 Å².